The Morgan fingerprint density at radius 1 is 1.55 bits per heavy atom. The van der Waals surface area contributed by atoms with E-state index in [-0.39, 0.29) is 4.88 Å². The fraction of sp³-hybridized carbons (Fsp3) is 0.500. The van der Waals surface area contributed by atoms with Crippen molar-refractivity contribution in [2.75, 3.05) is 0 Å². The van der Waals surface area contributed by atoms with E-state index in [1.54, 1.807) is 6.92 Å². The minimum Gasteiger partial charge on any atom is -0.198 e. The molecule has 0 saturated carbocycles. The molecule has 1 aromatic heterocycles. The number of halogens is 3. The van der Waals surface area contributed by atoms with Crippen LogP contribution >= 0.6 is 11.5 Å². The van der Waals surface area contributed by atoms with Crippen molar-refractivity contribution in [2.45, 2.75) is 19.5 Å². The average Bonchev–Trinajstić information content (AvgIpc) is 2.10. The molecule has 0 N–H and O–H groups in total. The van der Waals surface area contributed by atoms with E-state index >= 15 is 0 Å². The smallest absolute Gasteiger partial charge is 0.198 e. The summed E-state index contributed by atoms with van der Waals surface area (Å²) >= 11 is 0.906. The molecule has 0 aromatic carbocycles. The van der Waals surface area contributed by atoms with Crippen molar-refractivity contribution in [1.29, 1.82) is 0 Å². The maximum absolute atomic E-state index is 11.7. The second-order valence-electron chi connectivity index (χ2n) is 2.23. The number of hydrogen-bond acceptors (Lipinski definition) is 2. The second kappa shape index (κ2) is 2.81. The lowest BCUT2D eigenvalue weighted by Crippen LogP contribution is -2.10. The summed E-state index contributed by atoms with van der Waals surface area (Å²) in [6, 6.07) is 1.46. The topological polar surface area (TPSA) is 12.9 Å². The third kappa shape index (κ3) is 2.88. The highest BCUT2D eigenvalue weighted by atomic mass is 32.1. The molecule has 0 spiro atoms. The highest BCUT2D eigenvalue weighted by molar-refractivity contribution is 7.05. The van der Waals surface area contributed by atoms with Crippen LogP contribution < -0.4 is 0 Å². The number of nitrogens with zero attached hydrogens (tertiary/aromatic N) is 1. The van der Waals surface area contributed by atoms with Crippen molar-refractivity contribution in [3.05, 3.63) is 16.6 Å². The number of alkyl halides is 3. The van der Waals surface area contributed by atoms with Gasteiger partial charge in [0, 0.05) is 4.88 Å². The van der Waals surface area contributed by atoms with Gasteiger partial charge in [0.2, 0.25) is 0 Å². The molecule has 1 nitrogen and oxygen atoms in total. The standard InChI is InChI=1S/C6H6F3NS/c1-4-2-5(11-10-4)3-6(7,8)9/h2H,3H2,1H3. The van der Waals surface area contributed by atoms with Gasteiger partial charge < -0.3 is 0 Å². The van der Waals surface area contributed by atoms with Crippen LogP contribution in [0.3, 0.4) is 0 Å². The van der Waals surface area contributed by atoms with E-state index in [1.165, 1.54) is 6.07 Å². The van der Waals surface area contributed by atoms with E-state index < -0.39 is 12.6 Å². The Morgan fingerprint density at radius 2 is 2.18 bits per heavy atom. The molecule has 1 heterocycles. The maximum Gasteiger partial charge on any atom is 0.393 e. The van der Waals surface area contributed by atoms with Crippen molar-refractivity contribution < 1.29 is 13.2 Å². The van der Waals surface area contributed by atoms with Gasteiger partial charge in [0.25, 0.3) is 0 Å². The third-order valence-corrected chi connectivity index (χ3v) is 1.93. The predicted octanol–water partition coefficient (Wildman–Crippen LogP) is 2.56. The highest BCUT2D eigenvalue weighted by Gasteiger charge is 2.28. The van der Waals surface area contributed by atoms with Crippen molar-refractivity contribution in [1.82, 2.24) is 4.37 Å². The van der Waals surface area contributed by atoms with Gasteiger partial charge in [-0.25, -0.2) is 0 Å². The van der Waals surface area contributed by atoms with Crippen LogP contribution in [0.2, 0.25) is 0 Å². The molecule has 11 heavy (non-hydrogen) atoms. The van der Waals surface area contributed by atoms with Crippen LogP contribution in [0.15, 0.2) is 6.07 Å². The Hall–Kier alpha value is -0.580. The zero-order valence-electron chi connectivity index (χ0n) is 5.77. The maximum atomic E-state index is 11.7. The molecule has 0 aliphatic carbocycles. The molecule has 5 heteroatoms. The summed E-state index contributed by atoms with van der Waals surface area (Å²) < 4.78 is 38.9. The van der Waals surface area contributed by atoms with Gasteiger partial charge >= 0.3 is 6.18 Å². The molecule has 0 amide bonds. The minimum absolute atomic E-state index is 0.273. The van der Waals surface area contributed by atoms with Crippen molar-refractivity contribution in [3.63, 3.8) is 0 Å². The van der Waals surface area contributed by atoms with Gasteiger partial charge in [0.05, 0.1) is 12.1 Å². The second-order valence-corrected chi connectivity index (χ2v) is 3.12. The molecule has 1 rings (SSSR count). The first-order valence-corrected chi connectivity index (χ1v) is 3.74. The van der Waals surface area contributed by atoms with E-state index in [0.29, 0.717) is 5.69 Å². The number of rotatable bonds is 1. The zero-order valence-corrected chi connectivity index (χ0v) is 6.59. The fourth-order valence-electron chi connectivity index (χ4n) is 0.697. The highest BCUT2D eigenvalue weighted by Crippen LogP contribution is 2.23. The Morgan fingerprint density at radius 3 is 2.55 bits per heavy atom. The fourth-order valence-corrected chi connectivity index (χ4v) is 1.46. The average molecular weight is 181 g/mol. The minimum atomic E-state index is -4.11. The third-order valence-electron chi connectivity index (χ3n) is 1.05. The Balaban J connectivity index is 2.65. The van der Waals surface area contributed by atoms with Crippen LogP contribution in [0, 0.1) is 6.92 Å². The molecule has 0 fully saturated rings. The number of aromatic nitrogens is 1. The molecule has 0 radical (unpaired) electrons. The first-order valence-electron chi connectivity index (χ1n) is 2.96. The lowest BCUT2D eigenvalue weighted by atomic mass is 10.3. The van der Waals surface area contributed by atoms with E-state index in [0.717, 1.165) is 11.5 Å². The molecule has 62 valence electrons. The molecular formula is C6H6F3NS. The van der Waals surface area contributed by atoms with Crippen LogP contribution in [0.5, 0.6) is 0 Å². The summed E-state index contributed by atoms with van der Waals surface area (Å²) in [5.74, 6) is 0. The molecule has 0 unspecified atom stereocenters. The molecule has 1 aromatic rings. The molecule has 0 aliphatic heterocycles. The molecular weight excluding hydrogens is 175 g/mol. The Bertz CT molecular complexity index is 240. The summed E-state index contributed by atoms with van der Waals surface area (Å²) in [6.45, 7) is 1.68. The molecule has 0 saturated heterocycles. The van der Waals surface area contributed by atoms with Crippen LogP contribution in [-0.2, 0) is 6.42 Å². The quantitative estimate of drug-likeness (QED) is 0.648. The molecule has 0 aliphatic rings. The van der Waals surface area contributed by atoms with Crippen molar-refractivity contribution >= 4 is 11.5 Å². The largest absolute Gasteiger partial charge is 0.393 e. The van der Waals surface area contributed by atoms with Crippen LogP contribution in [0.4, 0.5) is 13.2 Å². The van der Waals surface area contributed by atoms with Crippen LogP contribution in [0.1, 0.15) is 10.6 Å². The summed E-state index contributed by atoms with van der Waals surface area (Å²) in [4.78, 5) is 0.273. The zero-order chi connectivity index (χ0) is 8.48. The van der Waals surface area contributed by atoms with Crippen molar-refractivity contribution in [2.24, 2.45) is 0 Å². The molecule has 0 bridgehead atoms. The van der Waals surface area contributed by atoms with Gasteiger partial charge in [0.1, 0.15) is 0 Å². The number of hydrogen-bond donors (Lipinski definition) is 0. The van der Waals surface area contributed by atoms with E-state index in [1.807, 2.05) is 0 Å². The van der Waals surface area contributed by atoms with Crippen LogP contribution in [0.25, 0.3) is 0 Å². The van der Waals surface area contributed by atoms with Gasteiger partial charge in [-0.15, -0.1) is 0 Å². The van der Waals surface area contributed by atoms with Gasteiger partial charge in [0.15, 0.2) is 0 Å². The summed E-state index contributed by atoms with van der Waals surface area (Å²) in [7, 11) is 0. The van der Waals surface area contributed by atoms with Gasteiger partial charge in [-0.1, -0.05) is 0 Å². The Labute approximate surface area is 66.0 Å². The SMILES string of the molecule is Cc1cc(CC(F)(F)F)sn1. The lowest BCUT2D eigenvalue weighted by Gasteiger charge is -2.01. The first-order chi connectivity index (χ1) is 4.97. The van der Waals surface area contributed by atoms with Crippen LogP contribution in [-0.4, -0.2) is 10.5 Å². The summed E-state index contributed by atoms with van der Waals surface area (Å²) in [6.07, 6.45) is -4.97. The summed E-state index contributed by atoms with van der Waals surface area (Å²) in [5.41, 5.74) is 0.647. The monoisotopic (exact) mass is 181 g/mol. The number of aryl methyl sites for hydroxylation is 1. The predicted molar refractivity (Wildman–Crippen MR) is 36.6 cm³/mol. The Kier molecular flexibility index (Phi) is 2.17. The van der Waals surface area contributed by atoms with Crippen molar-refractivity contribution in [3.8, 4) is 0 Å². The first kappa shape index (κ1) is 8.52. The normalized spacial score (nSPS) is 12.0. The summed E-state index contributed by atoms with van der Waals surface area (Å²) in [5, 5.41) is 0. The van der Waals surface area contributed by atoms with E-state index in [9.17, 15) is 13.2 Å². The lowest BCUT2D eigenvalue weighted by molar-refractivity contribution is -0.126. The van der Waals surface area contributed by atoms with Gasteiger partial charge in [-0.3, -0.25) is 0 Å². The van der Waals surface area contributed by atoms with Gasteiger partial charge in [-0.05, 0) is 24.5 Å². The molecule has 0 atom stereocenters. The van der Waals surface area contributed by atoms with E-state index in [2.05, 4.69) is 4.37 Å². The van der Waals surface area contributed by atoms with Gasteiger partial charge in [-0.2, -0.15) is 17.5 Å². The van der Waals surface area contributed by atoms with E-state index in [4.69, 9.17) is 0 Å².